The van der Waals surface area contributed by atoms with Crippen LogP contribution in [0.25, 0.3) is 0 Å². The Balaban J connectivity index is 1.35. The van der Waals surface area contributed by atoms with Crippen LogP contribution in [0.2, 0.25) is 0 Å². The molecule has 2 atom stereocenters. The minimum absolute atomic E-state index is 0.299. The summed E-state index contributed by atoms with van der Waals surface area (Å²) in [4.78, 5) is 64.1. The third-order valence-corrected chi connectivity index (χ3v) is 10.4. The summed E-state index contributed by atoms with van der Waals surface area (Å²) < 4.78 is 12.1. The first kappa shape index (κ1) is 46.3. The fourth-order valence-electron chi connectivity index (χ4n) is 4.61. The molecule has 0 spiro atoms. The summed E-state index contributed by atoms with van der Waals surface area (Å²) >= 11 is 8.56. The van der Waals surface area contributed by atoms with Crippen molar-refractivity contribution in [2.24, 2.45) is 0 Å². The van der Waals surface area contributed by atoms with Crippen LogP contribution < -0.4 is 10.6 Å². The van der Waals surface area contributed by atoms with Gasteiger partial charge in [-0.1, -0.05) is 23.6 Å². The smallest absolute Gasteiger partial charge is 0.410 e. The quantitative estimate of drug-likeness (QED) is 0.165. The van der Waals surface area contributed by atoms with E-state index in [1.165, 1.54) is 23.9 Å². The van der Waals surface area contributed by atoms with Crippen LogP contribution in [0.4, 0.5) is 21.2 Å². The molecule has 0 aliphatic rings. The summed E-state index contributed by atoms with van der Waals surface area (Å²) in [5.41, 5.74) is 1.07. The molecule has 0 saturated carbocycles. The lowest BCUT2D eigenvalue weighted by Crippen LogP contribution is -2.45. The lowest BCUT2D eigenvalue weighted by molar-refractivity contribution is -0.121. The molecule has 2 aromatic carbocycles. The maximum Gasteiger partial charge on any atom is 0.410 e. The monoisotopic (exact) mass is 944 g/mol. The van der Waals surface area contributed by atoms with Crippen LogP contribution in [0.3, 0.4) is 0 Å². The van der Waals surface area contributed by atoms with Gasteiger partial charge in [-0.3, -0.25) is 19.4 Å². The van der Waals surface area contributed by atoms with E-state index >= 15 is 0 Å². The molecular formula is C44H46Br2N6O6S. The molecule has 59 heavy (non-hydrogen) atoms. The second-order valence-electron chi connectivity index (χ2n) is 15.2. The van der Waals surface area contributed by atoms with Crippen LogP contribution >= 0.6 is 43.6 Å². The number of anilines is 2. The van der Waals surface area contributed by atoms with Crippen molar-refractivity contribution < 1.29 is 28.7 Å². The van der Waals surface area contributed by atoms with Gasteiger partial charge in [0.2, 0.25) is 11.8 Å². The van der Waals surface area contributed by atoms with Crippen molar-refractivity contribution >= 4 is 79.3 Å². The fraction of sp³-hybridized carbons (Fsp3) is 0.318. The van der Waals surface area contributed by atoms with Crippen molar-refractivity contribution in [3.63, 3.8) is 0 Å². The van der Waals surface area contributed by atoms with Crippen LogP contribution in [0, 0.1) is 23.7 Å². The van der Waals surface area contributed by atoms with E-state index in [1.54, 1.807) is 91.4 Å². The van der Waals surface area contributed by atoms with Crippen molar-refractivity contribution in [2.75, 3.05) is 24.7 Å². The molecule has 15 heteroatoms. The summed E-state index contributed by atoms with van der Waals surface area (Å²) in [6.07, 6.45) is -1.20. The largest absolute Gasteiger partial charge is 0.444 e. The van der Waals surface area contributed by atoms with Crippen molar-refractivity contribution in [1.29, 1.82) is 0 Å². The summed E-state index contributed by atoms with van der Waals surface area (Å²) in [5, 5.41) is 5.50. The van der Waals surface area contributed by atoms with Gasteiger partial charge in [0.25, 0.3) is 0 Å². The molecule has 4 amide bonds. The SMILES string of the molecule is C[C@@H](C(=O)Nc1ccc(Br)c(C#Cc2ccc(Sc3ccc(C#Cc4nc(NC(=O)[C@H](C)N(C)C(=O)OC(C)(C)C)ccc4Br)cc3)cc2)n1)N(C)C(=O)OC(C)(C)C. The third-order valence-electron chi connectivity index (χ3n) is 8.07. The molecule has 0 bridgehead atoms. The summed E-state index contributed by atoms with van der Waals surface area (Å²) in [5.74, 6) is 12.1. The number of benzene rings is 2. The molecule has 12 nitrogen and oxygen atoms in total. The number of nitrogens with one attached hydrogen (secondary N) is 2. The standard InChI is InChI=1S/C44H46Br2N6O6S/c1-27(51(9)41(55)57-43(3,4)5)39(53)49-37-25-21-33(45)35(47-37)23-15-29-11-17-31(18-12-29)59-32-19-13-30(14-20-32)16-24-36-34(46)22-26-38(48-36)50-40(54)28(2)52(10)42(56)58-44(6,7)8/h11-14,17-22,25-28H,1-10H3,(H,47,49,53)(H,48,50,54)/t27-,28-/m0/s1. The zero-order valence-corrected chi connectivity index (χ0v) is 38.5. The van der Waals surface area contributed by atoms with Crippen LogP contribution in [0.1, 0.15) is 77.9 Å². The van der Waals surface area contributed by atoms with Crippen molar-refractivity contribution in [1.82, 2.24) is 19.8 Å². The van der Waals surface area contributed by atoms with E-state index in [2.05, 4.69) is 76.1 Å². The number of amides is 4. The first-order valence-corrected chi connectivity index (χ1v) is 20.8. The Bertz CT molecular complexity index is 2160. The highest BCUT2D eigenvalue weighted by Crippen LogP contribution is 2.28. The van der Waals surface area contributed by atoms with Crippen LogP contribution in [0.5, 0.6) is 0 Å². The van der Waals surface area contributed by atoms with Crippen molar-refractivity contribution in [3.05, 3.63) is 104 Å². The average Bonchev–Trinajstić information content (AvgIpc) is 3.16. The molecule has 0 radical (unpaired) electrons. The van der Waals surface area contributed by atoms with Gasteiger partial charge in [-0.25, -0.2) is 19.6 Å². The Morgan fingerprint density at radius 1 is 0.593 bits per heavy atom. The number of hydrogen-bond donors (Lipinski definition) is 2. The molecule has 4 rings (SSSR count). The molecule has 0 saturated heterocycles. The maximum absolute atomic E-state index is 12.9. The normalized spacial score (nSPS) is 12.0. The van der Waals surface area contributed by atoms with Crippen LogP contribution in [0.15, 0.2) is 91.5 Å². The lowest BCUT2D eigenvalue weighted by Gasteiger charge is -2.28. The van der Waals surface area contributed by atoms with E-state index in [0.29, 0.717) is 32.0 Å². The number of carbonyl (C=O) groups excluding carboxylic acids is 4. The van der Waals surface area contributed by atoms with Gasteiger partial charge >= 0.3 is 12.2 Å². The number of nitrogens with zero attached hydrogens (tertiary/aromatic N) is 4. The highest BCUT2D eigenvalue weighted by Gasteiger charge is 2.28. The number of pyridine rings is 2. The van der Waals surface area contributed by atoms with E-state index in [1.807, 2.05) is 48.5 Å². The van der Waals surface area contributed by atoms with E-state index < -0.39 is 47.3 Å². The molecule has 0 unspecified atom stereocenters. The predicted octanol–water partition coefficient (Wildman–Crippen LogP) is 9.34. The molecule has 2 heterocycles. The highest BCUT2D eigenvalue weighted by atomic mass is 79.9. The molecule has 2 N–H and O–H groups in total. The summed E-state index contributed by atoms with van der Waals surface area (Å²) in [7, 11) is 3.01. The fourth-order valence-corrected chi connectivity index (χ4v) is 6.06. The van der Waals surface area contributed by atoms with Gasteiger partial charge in [-0.2, -0.15) is 0 Å². The Morgan fingerprint density at radius 3 is 1.25 bits per heavy atom. The molecular weight excluding hydrogens is 900 g/mol. The highest BCUT2D eigenvalue weighted by molar-refractivity contribution is 9.10. The Morgan fingerprint density at radius 2 is 0.932 bits per heavy atom. The average molecular weight is 947 g/mol. The Kier molecular flexibility index (Phi) is 15.8. The second kappa shape index (κ2) is 20.1. The molecule has 0 fully saturated rings. The van der Waals surface area contributed by atoms with Gasteiger partial charge in [-0.05, 0) is 172 Å². The maximum atomic E-state index is 12.9. The molecule has 308 valence electrons. The molecule has 0 aliphatic heterocycles. The van der Waals surface area contributed by atoms with Gasteiger partial charge in [-0.15, -0.1) is 0 Å². The predicted molar refractivity (Wildman–Crippen MR) is 237 cm³/mol. The van der Waals surface area contributed by atoms with Gasteiger partial charge in [0, 0.05) is 35.0 Å². The number of halogens is 2. The molecule has 0 aliphatic carbocycles. The number of likely N-dealkylation sites (N-methyl/N-ethyl adjacent to an activating group) is 2. The lowest BCUT2D eigenvalue weighted by atomic mass is 10.2. The topological polar surface area (TPSA) is 143 Å². The number of hydrogen-bond acceptors (Lipinski definition) is 9. The molecule has 4 aromatic rings. The zero-order valence-electron chi connectivity index (χ0n) is 34.5. The summed E-state index contributed by atoms with van der Waals surface area (Å²) in [6, 6.07) is 20.8. The van der Waals surface area contributed by atoms with E-state index in [-0.39, 0.29) is 0 Å². The first-order chi connectivity index (χ1) is 27.6. The third kappa shape index (κ3) is 14.5. The minimum atomic E-state index is -0.802. The second-order valence-corrected chi connectivity index (χ2v) is 18.1. The number of rotatable bonds is 8. The van der Waals surface area contributed by atoms with Crippen molar-refractivity contribution in [3.8, 4) is 23.7 Å². The van der Waals surface area contributed by atoms with E-state index in [0.717, 1.165) is 20.9 Å². The number of aromatic nitrogens is 2. The van der Waals surface area contributed by atoms with Crippen LogP contribution in [-0.4, -0.2) is 81.1 Å². The van der Waals surface area contributed by atoms with E-state index in [9.17, 15) is 19.2 Å². The summed E-state index contributed by atoms with van der Waals surface area (Å²) in [6.45, 7) is 13.8. The molecule has 2 aromatic heterocycles. The first-order valence-electron chi connectivity index (χ1n) is 18.4. The van der Waals surface area contributed by atoms with Gasteiger partial charge in [0.05, 0.1) is 8.95 Å². The Labute approximate surface area is 366 Å². The number of carbonyl (C=O) groups is 4. The number of ether oxygens (including phenoxy) is 2. The zero-order chi connectivity index (χ0) is 43.7. The van der Waals surface area contributed by atoms with Crippen molar-refractivity contribution in [2.45, 2.75) is 88.5 Å². The van der Waals surface area contributed by atoms with Crippen LogP contribution in [-0.2, 0) is 19.1 Å². The van der Waals surface area contributed by atoms with Gasteiger partial charge in [0.15, 0.2) is 0 Å². The Hall–Kier alpha value is -5.35. The van der Waals surface area contributed by atoms with Gasteiger partial charge < -0.3 is 20.1 Å². The minimum Gasteiger partial charge on any atom is -0.444 e. The van der Waals surface area contributed by atoms with E-state index in [4.69, 9.17) is 9.47 Å². The van der Waals surface area contributed by atoms with Gasteiger partial charge in [0.1, 0.15) is 46.3 Å².